The highest BCUT2D eigenvalue weighted by atomic mass is 16.4. The topological polar surface area (TPSA) is 128 Å². The van der Waals surface area contributed by atoms with E-state index < -0.39 is 17.5 Å². The van der Waals surface area contributed by atoms with Crippen molar-refractivity contribution in [3.8, 4) is 0 Å². The highest BCUT2D eigenvalue weighted by Crippen LogP contribution is 2.36. The van der Waals surface area contributed by atoms with Crippen LogP contribution in [0.1, 0.15) is 12.0 Å². The second-order valence-electron chi connectivity index (χ2n) is 6.88. The summed E-state index contributed by atoms with van der Waals surface area (Å²) in [6.07, 6.45) is 6.63. The second-order valence-corrected chi connectivity index (χ2v) is 6.88. The number of aromatic nitrogens is 3. The lowest BCUT2D eigenvalue weighted by Gasteiger charge is -2.44. The highest BCUT2D eigenvalue weighted by molar-refractivity contribution is 5.77. The molecule has 1 fully saturated rings. The van der Waals surface area contributed by atoms with Gasteiger partial charge in [0.2, 0.25) is 0 Å². The van der Waals surface area contributed by atoms with Crippen LogP contribution in [0.2, 0.25) is 0 Å². The predicted octanol–water partition coefficient (Wildman–Crippen LogP) is 1.31. The maximum Gasteiger partial charge on any atom is 0.314 e. The lowest BCUT2D eigenvalue weighted by molar-refractivity contribution is -0.157. The number of anilines is 1. The summed E-state index contributed by atoms with van der Waals surface area (Å²) in [6.45, 7) is 0.515. The van der Waals surface area contributed by atoms with Crippen molar-refractivity contribution < 1.29 is 24.9 Å². The summed E-state index contributed by atoms with van der Waals surface area (Å²) >= 11 is 0. The number of aliphatic hydroxyl groups excluding tert-OH is 1. The van der Waals surface area contributed by atoms with Crippen molar-refractivity contribution in [2.24, 2.45) is 5.41 Å². The van der Waals surface area contributed by atoms with E-state index in [2.05, 4.69) is 9.97 Å². The van der Waals surface area contributed by atoms with Gasteiger partial charge in [-0.25, -0.2) is 4.98 Å². The minimum Gasteiger partial charge on any atom is -0.483 e. The van der Waals surface area contributed by atoms with Gasteiger partial charge in [-0.05, 0) is 18.4 Å². The maximum absolute atomic E-state index is 12.3. The number of rotatable bonds is 4. The fourth-order valence-corrected chi connectivity index (χ4v) is 3.77. The van der Waals surface area contributed by atoms with E-state index in [1.54, 1.807) is 18.6 Å². The summed E-state index contributed by atoms with van der Waals surface area (Å²) in [5.41, 5.74) is 0.329. The Bertz CT molecular complexity index is 977. The predicted molar refractivity (Wildman–Crippen MR) is 105 cm³/mol. The Morgan fingerprint density at radius 3 is 2.69 bits per heavy atom. The van der Waals surface area contributed by atoms with Crippen molar-refractivity contribution in [3.63, 3.8) is 0 Å². The van der Waals surface area contributed by atoms with Crippen LogP contribution in [0.25, 0.3) is 5.65 Å². The average Bonchev–Trinajstić information content (AvgIpc) is 3.20. The zero-order valence-electron chi connectivity index (χ0n) is 15.6. The molecule has 0 aliphatic carbocycles. The minimum atomic E-state index is -1.28. The smallest absolute Gasteiger partial charge is 0.314 e. The molecular formula is C20H22N4O5. The number of carbonyl (C=O) groups is 2. The van der Waals surface area contributed by atoms with Crippen molar-refractivity contribution in [1.82, 2.24) is 14.4 Å². The first kappa shape index (κ1) is 20.3. The summed E-state index contributed by atoms with van der Waals surface area (Å²) in [6, 6.07) is 9.46. The van der Waals surface area contributed by atoms with Crippen molar-refractivity contribution in [3.05, 3.63) is 60.7 Å². The molecule has 0 saturated carbocycles. The van der Waals surface area contributed by atoms with Crippen molar-refractivity contribution >= 4 is 23.9 Å². The second kappa shape index (κ2) is 8.70. The highest BCUT2D eigenvalue weighted by Gasteiger charge is 2.49. The number of piperidine rings is 1. The van der Waals surface area contributed by atoms with Crippen LogP contribution in [0.3, 0.4) is 0 Å². The van der Waals surface area contributed by atoms with Crippen LogP contribution in [-0.4, -0.2) is 61.3 Å². The maximum atomic E-state index is 12.3. The molecule has 0 amide bonds. The van der Waals surface area contributed by atoms with Crippen LogP contribution in [0.5, 0.6) is 0 Å². The van der Waals surface area contributed by atoms with Gasteiger partial charge in [-0.2, -0.15) is 0 Å². The third-order valence-corrected chi connectivity index (χ3v) is 5.19. The van der Waals surface area contributed by atoms with Crippen LogP contribution >= 0.6 is 0 Å². The Balaban J connectivity index is 0.000000755. The Hall–Kier alpha value is -3.46. The first-order valence-corrected chi connectivity index (χ1v) is 9.07. The molecule has 0 unspecified atom stereocenters. The van der Waals surface area contributed by atoms with Gasteiger partial charge in [-0.15, -0.1) is 0 Å². The molecule has 29 heavy (non-hydrogen) atoms. The minimum absolute atomic E-state index is 0.206. The Labute approximate surface area is 166 Å². The fourth-order valence-electron chi connectivity index (χ4n) is 3.77. The quantitative estimate of drug-likeness (QED) is 0.561. The molecule has 9 nitrogen and oxygen atoms in total. The van der Waals surface area contributed by atoms with Gasteiger partial charge in [0.05, 0.1) is 18.5 Å². The monoisotopic (exact) mass is 398 g/mol. The van der Waals surface area contributed by atoms with E-state index in [1.165, 1.54) is 0 Å². The summed E-state index contributed by atoms with van der Waals surface area (Å²) in [4.78, 5) is 31.1. The van der Waals surface area contributed by atoms with E-state index in [-0.39, 0.29) is 19.4 Å². The van der Waals surface area contributed by atoms with E-state index in [9.17, 15) is 15.0 Å². The lowest BCUT2D eigenvalue weighted by atomic mass is 9.73. The van der Waals surface area contributed by atoms with E-state index in [0.29, 0.717) is 18.6 Å². The van der Waals surface area contributed by atoms with Crippen molar-refractivity contribution in [1.29, 1.82) is 0 Å². The van der Waals surface area contributed by atoms with Crippen LogP contribution in [-0.2, 0) is 16.0 Å². The van der Waals surface area contributed by atoms with Crippen LogP contribution < -0.4 is 4.90 Å². The fraction of sp³-hybridized carbons (Fsp3) is 0.300. The number of imidazole rings is 1. The zero-order chi connectivity index (χ0) is 20.9. The van der Waals surface area contributed by atoms with Crippen LogP contribution in [0, 0.1) is 5.41 Å². The number of carboxylic acids is 1. The van der Waals surface area contributed by atoms with E-state index in [4.69, 9.17) is 9.90 Å². The first-order chi connectivity index (χ1) is 14.0. The number of hydrogen-bond donors (Lipinski definition) is 3. The molecule has 4 rings (SSSR count). The summed E-state index contributed by atoms with van der Waals surface area (Å²) in [7, 11) is 0. The van der Waals surface area contributed by atoms with Gasteiger partial charge in [-0.3, -0.25) is 19.0 Å². The van der Waals surface area contributed by atoms with E-state index in [0.717, 1.165) is 11.4 Å². The molecule has 0 radical (unpaired) electrons. The number of benzene rings is 1. The molecule has 152 valence electrons. The SMILES string of the molecule is O=C(O)[C@]1(Cc2ccccc2)CN(c2cncc3nccn23)CC[C@H]1O.O=CO. The molecule has 0 spiro atoms. The number of nitrogens with zero attached hydrogens (tertiary/aromatic N) is 4. The van der Waals surface area contributed by atoms with Gasteiger partial charge in [0.25, 0.3) is 6.47 Å². The first-order valence-electron chi connectivity index (χ1n) is 9.07. The van der Waals surface area contributed by atoms with Gasteiger partial charge in [0.1, 0.15) is 11.2 Å². The Kier molecular flexibility index (Phi) is 6.08. The van der Waals surface area contributed by atoms with Gasteiger partial charge < -0.3 is 20.2 Å². The molecular weight excluding hydrogens is 376 g/mol. The third-order valence-electron chi connectivity index (χ3n) is 5.19. The number of aliphatic hydroxyl groups is 1. The molecule has 2 atom stereocenters. The molecule has 1 saturated heterocycles. The van der Waals surface area contributed by atoms with E-state index in [1.807, 2.05) is 45.8 Å². The zero-order valence-corrected chi connectivity index (χ0v) is 15.6. The standard InChI is InChI=1S/C19H20N4O3.CH2O2/c24-15-6-8-22(17-12-20-11-16-21-7-9-23(16)17)13-19(15,18(25)26)10-14-4-2-1-3-5-14;2-1-3/h1-5,7,9,11-12,15,24H,6,8,10,13H2,(H,25,26);1H,(H,2,3)/t15-,19-;/m1./s1. The molecule has 2 aromatic heterocycles. The molecule has 9 heteroatoms. The number of hydrogen-bond acceptors (Lipinski definition) is 6. The number of carboxylic acid groups (broad SMARTS) is 2. The lowest BCUT2D eigenvalue weighted by Crippen LogP contribution is -2.57. The summed E-state index contributed by atoms with van der Waals surface area (Å²) < 4.78 is 1.89. The average molecular weight is 398 g/mol. The van der Waals surface area contributed by atoms with Crippen molar-refractivity contribution in [2.75, 3.05) is 18.0 Å². The summed E-state index contributed by atoms with van der Waals surface area (Å²) in [5.74, 6) is -0.199. The Morgan fingerprint density at radius 1 is 1.28 bits per heavy atom. The number of fused-ring (bicyclic) bond motifs is 1. The summed E-state index contributed by atoms with van der Waals surface area (Å²) in [5, 5.41) is 27.6. The van der Waals surface area contributed by atoms with Crippen LogP contribution in [0.15, 0.2) is 55.1 Å². The van der Waals surface area contributed by atoms with Gasteiger partial charge in [0.15, 0.2) is 5.65 Å². The molecule has 3 heterocycles. The molecule has 0 bridgehead atoms. The van der Waals surface area contributed by atoms with Gasteiger partial charge in [-0.1, -0.05) is 30.3 Å². The Morgan fingerprint density at radius 2 is 2.00 bits per heavy atom. The van der Waals surface area contributed by atoms with Crippen LogP contribution in [0.4, 0.5) is 5.82 Å². The largest absolute Gasteiger partial charge is 0.483 e. The number of aliphatic carboxylic acids is 1. The normalized spacial score (nSPS) is 21.3. The molecule has 3 aromatic rings. The molecule has 1 aliphatic rings. The molecule has 3 N–H and O–H groups in total. The third kappa shape index (κ3) is 4.04. The van der Waals surface area contributed by atoms with Crippen molar-refractivity contribution in [2.45, 2.75) is 18.9 Å². The molecule has 1 aromatic carbocycles. The van der Waals surface area contributed by atoms with Gasteiger partial charge >= 0.3 is 5.97 Å². The molecule has 1 aliphatic heterocycles. The van der Waals surface area contributed by atoms with Gasteiger partial charge in [0, 0.05) is 25.5 Å². The van der Waals surface area contributed by atoms with E-state index >= 15 is 0 Å².